The average molecular weight is 495 g/mol. The van der Waals surface area contributed by atoms with Crippen molar-refractivity contribution in [1.29, 1.82) is 0 Å². The summed E-state index contributed by atoms with van der Waals surface area (Å²) in [6.45, 7) is 6.30. The first-order valence-electron chi connectivity index (χ1n) is 10.3. The molecule has 0 aliphatic carbocycles. The molecule has 0 radical (unpaired) electrons. The van der Waals surface area contributed by atoms with Crippen molar-refractivity contribution in [2.45, 2.75) is 32.7 Å². The number of carboxylic acid groups (broad SMARTS) is 1. The minimum atomic E-state index is -1.03. The molecule has 0 spiro atoms. The monoisotopic (exact) mass is 494 g/mol. The zero-order chi connectivity index (χ0) is 24.0. The quantitative estimate of drug-likeness (QED) is 0.549. The lowest BCUT2D eigenvalue weighted by atomic mass is 10.1. The number of pyridine rings is 2. The minimum absolute atomic E-state index is 0.0830. The van der Waals surface area contributed by atoms with Crippen molar-refractivity contribution in [3.8, 4) is 5.69 Å². The molecular formula is C21H21Cl2FN6O3. The molecule has 1 N–H and O–H groups in total. The molecule has 0 bridgehead atoms. The summed E-state index contributed by atoms with van der Waals surface area (Å²) in [5, 5.41) is 9.41. The maximum Gasteiger partial charge on any atom is 0.407 e. The van der Waals surface area contributed by atoms with Gasteiger partial charge in [-0.3, -0.25) is 4.98 Å². The Kier molecular flexibility index (Phi) is 6.15. The molecule has 1 fully saturated rings. The van der Waals surface area contributed by atoms with Crippen LogP contribution in [0.2, 0.25) is 10.2 Å². The van der Waals surface area contributed by atoms with E-state index in [1.807, 2.05) is 20.8 Å². The Morgan fingerprint density at radius 1 is 1.27 bits per heavy atom. The summed E-state index contributed by atoms with van der Waals surface area (Å²) in [5.41, 5.74) is 0.256. The van der Waals surface area contributed by atoms with Crippen molar-refractivity contribution in [3.05, 3.63) is 50.5 Å². The lowest BCUT2D eigenvalue weighted by Crippen LogP contribution is -2.54. The summed E-state index contributed by atoms with van der Waals surface area (Å²) in [6, 6.07) is 2.42. The average Bonchev–Trinajstić information content (AvgIpc) is 2.75. The van der Waals surface area contributed by atoms with Crippen LogP contribution in [0.5, 0.6) is 0 Å². The van der Waals surface area contributed by atoms with Crippen molar-refractivity contribution in [2.75, 3.05) is 24.5 Å². The second kappa shape index (κ2) is 8.75. The summed E-state index contributed by atoms with van der Waals surface area (Å²) >= 11 is 12.5. The highest BCUT2D eigenvalue weighted by molar-refractivity contribution is 6.32. The maximum atomic E-state index is 14.5. The van der Waals surface area contributed by atoms with E-state index in [1.165, 1.54) is 15.5 Å². The second-order valence-electron chi connectivity index (χ2n) is 8.14. The number of anilines is 1. The third-order valence-corrected chi connectivity index (χ3v) is 6.17. The summed E-state index contributed by atoms with van der Waals surface area (Å²) in [4.78, 5) is 40.6. The van der Waals surface area contributed by atoms with Crippen LogP contribution in [-0.2, 0) is 0 Å². The van der Waals surface area contributed by atoms with Crippen molar-refractivity contribution < 1.29 is 14.3 Å². The van der Waals surface area contributed by atoms with Crippen LogP contribution < -0.4 is 10.6 Å². The Labute approximate surface area is 198 Å². The molecule has 1 aliphatic rings. The molecule has 33 heavy (non-hydrogen) atoms. The first kappa shape index (κ1) is 23.2. The van der Waals surface area contributed by atoms with Gasteiger partial charge in [-0.1, -0.05) is 37.0 Å². The first-order chi connectivity index (χ1) is 15.6. The van der Waals surface area contributed by atoms with Gasteiger partial charge in [0.15, 0.2) is 16.6 Å². The summed E-state index contributed by atoms with van der Waals surface area (Å²) in [5.74, 6) is -0.645. The van der Waals surface area contributed by atoms with Crippen LogP contribution in [-0.4, -0.2) is 61.3 Å². The van der Waals surface area contributed by atoms with Crippen LogP contribution in [0, 0.1) is 5.82 Å². The van der Waals surface area contributed by atoms with E-state index in [4.69, 9.17) is 23.2 Å². The highest BCUT2D eigenvalue weighted by atomic mass is 35.5. The molecule has 1 saturated heterocycles. The fourth-order valence-corrected chi connectivity index (χ4v) is 4.41. The van der Waals surface area contributed by atoms with Crippen LogP contribution in [0.1, 0.15) is 32.4 Å². The van der Waals surface area contributed by atoms with Gasteiger partial charge >= 0.3 is 11.8 Å². The third kappa shape index (κ3) is 4.08. The van der Waals surface area contributed by atoms with Crippen LogP contribution in [0.3, 0.4) is 0 Å². The molecular weight excluding hydrogens is 474 g/mol. The molecule has 0 saturated carbocycles. The van der Waals surface area contributed by atoms with Gasteiger partial charge in [-0.15, -0.1) is 0 Å². The molecule has 3 aromatic rings. The fourth-order valence-electron chi connectivity index (χ4n) is 4.04. The van der Waals surface area contributed by atoms with Crippen molar-refractivity contribution >= 4 is 46.1 Å². The van der Waals surface area contributed by atoms with Gasteiger partial charge in [-0.25, -0.2) is 23.5 Å². The maximum absolute atomic E-state index is 14.5. The van der Waals surface area contributed by atoms with Gasteiger partial charge in [-0.2, -0.15) is 4.98 Å². The van der Waals surface area contributed by atoms with E-state index in [-0.39, 0.29) is 53.5 Å². The molecule has 1 amide bonds. The lowest BCUT2D eigenvalue weighted by Gasteiger charge is -2.39. The number of piperazine rings is 1. The number of halogens is 3. The number of hydrogen-bond donors (Lipinski definition) is 1. The number of fused-ring (bicyclic) bond motifs is 1. The molecule has 12 heteroatoms. The van der Waals surface area contributed by atoms with E-state index in [1.54, 1.807) is 17.2 Å². The SMILES string of the molecule is CC(C)c1nccc(Cl)c1-n1c(=O)nc(N2CCN(C(=O)O)CC2C)c2cc(F)c(Cl)nc21. The topological polar surface area (TPSA) is 104 Å². The van der Waals surface area contributed by atoms with Crippen LogP contribution in [0.4, 0.5) is 15.0 Å². The predicted octanol–water partition coefficient (Wildman–Crippen LogP) is 3.93. The number of amides is 1. The molecule has 4 heterocycles. The Bertz CT molecular complexity index is 1320. The van der Waals surface area contributed by atoms with E-state index in [2.05, 4.69) is 15.0 Å². The normalized spacial score (nSPS) is 16.6. The molecule has 1 atom stereocenters. The van der Waals surface area contributed by atoms with E-state index in [0.29, 0.717) is 11.4 Å². The predicted molar refractivity (Wildman–Crippen MR) is 123 cm³/mol. The number of hydrogen-bond acceptors (Lipinski definition) is 6. The number of nitrogens with zero attached hydrogens (tertiary/aromatic N) is 6. The Morgan fingerprint density at radius 2 is 2.00 bits per heavy atom. The van der Waals surface area contributed by atoms with Crippen LogP contribution >= 0.6 is 23.2 Å². The molecule has 1 aliphatic heterocycles. The van der Waals surface area contributed by atoms with Gasteiger partial charge in [0.1, 0.15) is 5.82 Å². The van der Waals surface area contributed by atoms with E-state index >= 15 is 0 Å². The lowest BCUT2D eigenvalue weighted by molar-refractivity contribution is 0.136. The van der Waals surface area contributed by atoms with Crippen molar-refractivity contribution in [1.82, 2.24) is 24.4 Å². The molecule has 4 rings (SSSR count). The zero-order valence-electron chi connectivity index (χ0n) is 18.1. The zero-order valence-corrected chi connectivity index (χ0v) is 19.6. The van der Waals surface area contributed by atoms with Crippen LogP contribution in [0.25, 0.3) is 16.7 Å². The number of aromatic nitrogens is 4. The third-order valence-electron chi connectivity index (χ3n) is 5.60. The highest BCUT2D eigenvalue weighted by Gasteiger charge is 2.30. The Balaban J connectivity index is 1.99. The smallest absolute Gasteiger partial charge is 0.407 e. The Morgan fingerprint density at radius 3 is 2.64 bits per heavy atom. The summed E-state index contributed by atoms with van der Waals surface area (Å²) in [6.07, 6.45) is 0.515. The van der Waals surface area contributed by atoms with Gasteiger partial charge in [0.05, 0.1) is 21.8 Å². The molecule has 3 aromatic heterocycles. The van der Waals surface area contributed by atoms with Gasteiger partial charge < -0.3 is 14.9 Å². The number of carbonyl (C=O) groups is 1. The standard InChI is InChI=1S/C21H21Cl2FN6O3/c1-10(2)15-16(13(22)4-5-25-15)30-19-12(8-14(24)17(23)26-19)18(27-20(30)31)29-7-6-28(21(32)33)9-11(29)3/h4-5,8,10-11H,6-7,9H2,1-3H3,(H,32,33). The van der Waals surface area contributed by atoms with Gasteiger partial charge in [-0.05, 0) is 25.0 Å². The molecule has 174 valence electrons. The number of rotatable bonds is 3. The van der Waals surface area contributed by atoms with E-state index in [0.717, 1.165) is 0 Å². The molecule has 9 nitrogen and oxygen atoms in total. The summed E-state index contributed by atoms with van der Waals surface area (Å²) < 4.78 is 15.7. The largest absolute Gasteiger partial charge is 0.465 e. The van der Waals surface area contributed by atoms with Crippen molar-refractivity contribution in [2.24, 2.45) is 0 Å². The summed E-state index contributed by atoms with van der Waals surface area (Å²) in [7, 11) is 0. The highest BCUT2D eigenvalue weighted by Crippen LogP contribution is 2.33. The fraction of sp³-hybridized carbons (Fsp3) is 0.381. The first-order valence-corrected chi connectivity index (χ1v) is 11.0. The molecule has 1 unspecified atom stereocenters. The Hall–Kier alpha value is -2.98. The van der Waals surface area contributed by atoms with Crippen LogP contribution in [0.15, 0.2) is 23.1 Å². The van der Waals surface area contributed by atoms with Gasteiger partial charge in [0.25, 0.3) is 0 Å². The van der Waals surface area contributed by atoms with Gasteiger partial charge in [0.2, 0.25) is 0 Å². The van der Waals surface area contributed by atoms with E-state index in [9.17, 15) is 19.1 Å². The van der Waals surface area contributed by atoms with Gasteiger partial charge in [0, 0.05) is 31.9 Å². The molecule has 0 aromatic carbocycles. The van der Waals surface area contributed by atoms with E-state index < -0.39 is 22.8 Å². The minimum Gasteiger partial charge on any atom is -0.465 e. The van der Waals surface area contributed by atoms with Crippen molar-refractivity contribution in [3.63, 3.8) is 0 Å². The second-order valence-corrected chi connectivity index (χ2v) is 8.90.